The molecule has 0 bridgehead atoms. The number of amides is 1. The van der Waals surface area contributed by atoms with Crippen molar-refractivity contribution in [3.05, 3.63) is 52.9 Å². The number of carbonyl (C=O) groups excluding carboxylic acids is 1. The fourth-order valence-electron chi connectivity index (χ4n) is 3.78. The Morgan fingerprint density at radius 3 is 2.53 bits per heavy atom. The van der Waals surface area contributed by atoms with Crippen LogP contribution in [0.5, 0.6) is 0 Å². The number of nitrogens with one attached hydrogen (secondary N) is 1. The maximum absolute atomic E-state index is 12.9. The van der Waals surface area contributed by atoms with E-state index in [1.807, 2.05) is 12.1 Å². The molecular formula is C21H28ClN3O4S. The maximum Gasteiger partial charge on any atom is 0.251 e. The Balaban J connectivity index is 1.78. The zero-order chi connectivity index (χ0) is 21.7. The Bertz CT molecular complexity index is 953. The van der Waals surface area contributed by atoms with E-state index < -0.39 is 10.0 Å². The summed E-state index contributed by atoms with van der Waals surface area (Å²) in [7, 11) is -3.77. The van der Waals surface area contributed by atoms with Crippen molar-refractivity contribution in [1.82, 2.24) is 14.5 Å². The molecule has 2 heterocycles. The largest absolute Gasteiger partial charge is 0.468 e. The monoisotopic (exact) mass is 453 g/mol. The average Bonchev–Trinajstić information content (AvgIpc) is 3.44. The smallest absolute Gasteiger partial charge is 0.251 e. The van der Waals surface area contributed by atoms with E-state index in [-0.39, 0.29) is 27.4 Å². The summed E-state index contributed by atoms with van der Waals surface area (Å²) in [6.45, 7) is 6.45. The second kappa shape index (κ2) is 9.96. The van der Waals surface area contributed by atoms with E-state index in [4.69, 9.17) is 16.0 Å². The first-order valence-corrected chi connectivity index (χ1v) is 12.1. The minimum Gasteiger partial charge on any atom is -0.468 e. The summed E-state index contributed by atoms with van der Waals surface area (Å²) in [4.78, 5) is 15.1. The number of nitrogens with zero attached hydrogens (tertiary/aromatic N) is 2. The van der Waals surface area contributed by atoms with Gasteiger partial charge in [0, 0.05) is 25.2 Å². The minimum atomic E-state index is -3.77. The molecule has 1 aliphatic rings. The van der Waals surface area contributed by atoms with Gasteiger partial charge in [-0.05, 0) is 56.3 Å². The van der Waals surface area contributed by atoms with Gasteiger partial charge in [-0.25, -0.2) is 8.42 Å². The number of likely N-dealkylation sites (tertiary alicyclic amines) is 1. The van der Waals surface area contributed by atoms with Crippen LogP contribution in [-0.2, 0) is 10.0 Å². The summed E-state index contributed by atoms with van der Waals surface area (Å²) in [5, 5.41) is 3.03. The van der Waals surface area contributed by atoms with Crippen LogP contribution in [0.25, 0.3) is 0 Å². The molecule has 1 aromatic carbocycles. The third-order valence-electron chi connectivity index (χ3n) is 5.43. The van der Waals surface area contributed by atoms with Crippen molar-refractivity contribution in [1.29, 1.82) is 0 Å². The molecule has 1 fully saturated rings. The van der Waals surface area contributed by atoms with E-state index >= 15 is 0 Å². The molecule has 0 unspecified atom stereocenters. The number of furan rings is 1. The topological polar surface area (TPSA) is 82.9 Å². The molecule has 7 nitrogen and oxygen atoms in total. The number of carbonyl (C=O) groups is 1. The number of rotatable bonds is 9. The van der Waals surface area contributed by atoms with Gasteiger partial charge in [0.1, 0.15) is 10.7 Å². The van der Waals surface area contributed by atoms with Crippen molar-refractivity contribution in [3.63, 3.8) is 0 Å². The van der Waals surface area contributed by atoms with Crippen molar-refractivity contribution in [2.75, 3.05) is 32.7 Å². The van der Waals surface area contributed by atoms with E-state index in [9.17, 15) is 13.2 Å². The van der Waals surface area contributed by atoms with Gasteiger partial charge in [-0.3, -0.25) is 9.69 Å². The van der Waals surface area contributed by atoms with Gasteiger partial charge in [0.25, 0.3) is 5.91 Å². The highest BCUT2D eigenvalue weighted by Gasteiger charge is 2.28. The molecule has 0 saturated carbocycles. The first kappa shape index (κ1) is 22.8. The third-order valence-corrected chi connectivity index (χ3v) is 7.96. The van der Waals surface area contributed by atoms with Crippen LogP contribution in [0.3, 0.4) is 0 Å². The number of halogens is 1. The van der Waals surface area contributed by atoms with Gasteiger partial charge in [-0.15, -0.1) is 0 Å². The normalized spacial score (nSPS) is 16.1. The van der Waals surface area contributed by atoms with E-state index in [1.165, 1.54) is 22.5 Å². The standard InChI is InChI=1S/C21H28ClN3O4S/c1-3-25(4-2)30(27,28)20-14-16(9-10-17(20)22)21(26)23-15-18(19-8-7-13-29-19)24-11-5-6-12-24/h7-10,13-14,18H,3-6,11-12,15H2,1-2H3,(H,23,26)/t18-/m1/s1. The van der Waals surface area contributed by atoms with E-state index in [0.29, 0.717) is 19.6 Å². The summed E-state index contributed by atoms with van der Waals surface area (Å²) in [6, 6.07) is 8.03. The van der Waals surface area contributed by atoms with Crippen LogP contribution in [0, 0.1) is 0 Å². The highest BCUT2D eigenvalue weighted by atomic mass is 35.5. The molecule has 2 aromatic rings. The number of hydrogen-bond donors (Lipinski definition) is 1. The molecule has 9 heteroatoms. The van der Waals surface area contributed by atoms with Crippen molar-refractivity contribution < 1.29 is 17.6 Å². The molecule has 164 valence electrons. The van der Waals surface area contributed by atoms with Crippen molar-refractivity contribution in [2.24, 2.45) is 0 Å². The van der Waals surface area contributed by atoms with Crippen LogP contribution in [0.4, 0.5) is 0 Å². The zero-order valence-electron chi connectivity index (χ0n) is 17.3. The van der Waals surface area contributed by atoms with Gasteiger partial charge in [0.15, 0.2) is 0 Å². The zero-order valence-corrected chi connectivity index (χ0v) is 18.9. The van der Waals surface area contributed by atoms with E-state index in [0.717, 1.165) is 31.7 Å². The lowest BCUT2D eigenvalue weighted by Crippen LogP contribution is -2.36. The van der Waals surface area contributed by atoms with E-state index in [1.54, 1.807) is 20.1 Å². The predicted octanol–water partition coefficient (Wildman–Crippen LogP) is 3.53. The van der Waals surface area contributed by atoms with Gasteiger partial charge in [0.2, 0.25) is 10.0 Å². The lowest BCUT2D eigenvalue weighted by molar-refractivity contribution is 0.0933. The highest BCUT2D eigenvalue weighted by Crippen LogP contribution is 2.27. The Morgan fingerprint density at radius 2 is 1.93 bits per heavy atom. The van der Waals surface area contributed by atoms with Crippen molar-refractivity contribution in [2.45, 2.75) is 37.6 Å². The molecule has 0 radical (unpaired) electrons. The van der Waals surface area contributed by atoms with Gasteiger partial charge in [0.05, 0.1) is 17.3 Å². The molecule has 1 aliphatic heterocycles. The lowest BCUT2D eigenvalue weighted by Gasteiger charge is -2.26. The summed E-state index contributed by atoms with van der Waals surface area (Å²) in [5.74, 6) is 0.455. The maximum atomic E-state index is 12.9. The summed E-state index contributed by atoms with van der Waals surface area (Å²) in [6.07, 6.45) is 3.87. The third kappa shape index (κ3) is 4.88. The number of hydrogen-bond acceptors (Lipinski definition) is 5. The molecule has 1 amide bonds. The van der Waals surface area contributed by atoms with Crippen LogP contribution in [0.2, 0.25) is 5.02 Å². The van der Waals surface area contributed by atoms with Crippen molar-refractivity contribution >= 4 is 27.5 Å². The van der Waals surface area contributed by atoms with Gasteiger partial charge in [-0.2, -0.15) is 4.31 Å². The Hall–Kier alpha value is -1.87. The van der Waals surface area contributed by atoms with Gasteiger partial charge < -0.3 is 9.73 Å². The average molecular weight is 454 g/mol. The van der Waals surface area contributed by atoms with Crippen LogP contribution in [-0.4, -0.2) is 56.3 Å². The SMILES string of the molecule is CCN(CC)S(=O)(=O)c1cc(C(=O)NC[C@H](c2ccco2)N2CCCC2)ccc1Cl. The van der Waals surface area contributed by atoms with Crippen LogP contribution >= 0.6 is 11.6 Å². The molecule has 0 aliphatic carbocycles. The lowest BCUT2D eigenvalue weighted by atomic mass is 10.1. The molecule has 3 rings (SSSR count). The predicted molar refractivity (Wildman–Crippen MR) is 116 cm³/mol. The molecule has 1 atom stereocenters. The Morgan fingerprint density at radius 1 is 1.23 bits per heavy atom. The molecule has 30 heavy (non-hydrogen) atoms. The van der Waals surface area contributed by atoms with Crippen molar-refractivity contribution in [3.8, 4) is 0 Å². The molecule has 1 saturated heterocycles. The minimum absolute atomic E-state index is 0.0531. The molecule has 1 N–H and O–H groups in total. The fourth-order valence-corrected chi connectivity index (χ4v) is 5.74. The summed E-state index contributed by atoms with van der Waals surface area (Å²) < 4.78 is 32.6. The first-order valence-electron chi connectivity index (χ1n) is 10.2. The summed E-state index contributed by atoms with van der Waals surface area (Å²) in [5.41, 5.74) is 0.254. The molecule has 0 spiro atoms. The second-order valence-corrected chi connectivity index (χ2v) is 9.53. The fraction of sp³-hybridized carbons (Fsp3) is 0.476. The first-order chi connectivity index (χ1) is 14.4. The van der Waals surface area contributed by atoms with Crippen LogP contribution in [0.15, 0.2) is 45.9 Å². The number of benzene rings is 1. The number of sulfonamides is 1. The quantitative estimate of drug-likeness (QED) is 0.628. The molecular weight excluding hydrogens is 426 g/mol. The Kier molecular flexibility index (Phi) is 7.57. The van der Waals surface area contributed by atoms with E-state index in [2.05, 4.69) is 10.2 Å². The highest BCUT2D eigenvalue weighted by molar-refractivity contribution is 7.89. The van der Waals surface area contributed by atoms with Gasteiger partial charge >= 0.3 is 0 Å². The summed E-state index contributed by atoms with van der Waals surface area (Å²) >= 11 is 6.17. The Labute approximate surface area is 183 Å². The van der Waals surface area contributed by atoms with Crippen LogP contribution in [0.1, 0.15) is 48.8 Å². The molecule has 1 aromatic heterocycles. The van der Waals surface area contributed by atoms with Crippen LogP contribution < -0.4 is 5.32 Å². The van der Waals surface area contributed by atoms with Gasteiger partial charge in [-0.1, -0.05) is 25.4 Å². The second-order valence-electron chi connectivity index (χ2n) is 7.22.